The molecule has 1 heterocycles. The van der Waals surface area contributed by atoms with E-state index in [9.17, 15) is 0 Å². The third-order valence-corrected chi connectivity index (χ3v) is 4.62. The highest BCUT2D eigenvalue weighted by Gasteiger charge is 2.12. The molecule has 0 radical (unpaired) electrons. The number of hydrogen-bond acceptors (Lipinski definition) is 4. The Kier molecular flexibility index (Phi) is 5.47. The first kappa shape index (κ1) is 18.6. The zero-order valence-corrected chi connectivity index (χ0v) is 16.4. The molecule has 3 aromatic carbocycles. The van der Waals surface area contributed by atoms with Crippen LogP contribution >= 0.6 is 0 Å². The van der Waals surface area contributed by atoms with Crippen LogP contribution in [0.25, 0.3) is 22.6 Å². The molecular weight excluding hydrogens is 364 g/mol. The maximum absolute atomic E-state index is 5.90. The van der Waals surface area contributed by atoms with Crippen molar-refractivity contribution in [2.45, 2.75) is 6.61 Å². The summed E-state index contributed by atoms with van der Waals surface area (Å²) in [7, 11) is 3.30. The normalized spacial score (nSPS) is 10.6. The van der Waals surface area contributed by atoms with Crippen LogP contribution in [0.1, 0.15) is 5.56 Å². The van der Waals surface area contributed by atoms with Gasteiger partial charge in [0, 0.05) is 23.4 Å². The monoisotopic (exact) mass is 386 g/mol. The first-order chi connectivity index (χ1) is 14.3. The predicted molar refractivity (Wildman–Crippen MR) is 113 cm³/mol. The van der Waals surface area contributed by atoms with Crippen molar-refractivity contribution in [2.75, 3.05) is 14.2 Å². The summed E-state index contributed by atoms with van der Waals surface area (Å²) < 4.78 is 16.8. The summed E-state index contributed by atoms with van der Waals surface area (Å²) in [6, 6.07) is 23.6. The van der Waals surface area contributed by atoms with Gasteiger partial charge in [-0.15, -0.1) is 0 Å². The van der Waals surface area contributed by atoms with E-state index >= 15 is 0 Å². The van der Waals surface area contributed by atoms with Gasteiger partial charge in [0.15, 0.2) is 0 Å². The number of aromatic amines is 1. The van der Waals surface area contributed by atoms with E-state index in [1.54, 1.807) is 14.2 Å². The van der Waals surface area contributed by atoms with E-state index in [-0.39, 0.29) is 0 Å². The fraction of sp³-hybridized carbons (Fsp3) is 0.125. The maximum atomic E-state index is 5.90. The summed E-state index contributed by atoms with van der Waals surface area (Å²) in [5, 5.41) is 0. The van der Waals surface area contributed by atoms with Gasteiger partial charge in [0.25, 0.3) is 0 Å². The van der Waals surface area contributed by atoms with Gasteiger partial charge in [0.1, 0.15) is 29.7 Å². The van der Waals surface area contributed by atoms with Crippen LogP contribution in [-0.4, -0.2) is 24.2 Å². The summed E-state index contributed by atoms with van der Waals surface area (Å²) in [4.78, 5) is 7.96. The van der Waals surface area contributed by atoms with Crippen molar-refractivity contribution >= 4 is 0 Å². The standard InChI is InChI=1S/C24H22N2O3/c1-27-19-10-6-9-18(13-19)24-25-15-22(26-24)21-12-11-20(14-23(21)28-2)29-16-17-7-4-3-5-8-17/h3-15H,16H2,1-2H3,(H,25,26). The molecule has 0 aliphatic rings. The second-order valence-electron chi connectivity index (χ2n) is 6.50. The Morgan fingerprint density at radius 2 is 1.69 bits per heavy atom. The number of nitrogens with zero attached hydrogens (tertiary/aromatic N) is 1. The van der Waals surface area contributed by atoms with Crippen molar-refractivity contribution in [3.63, 3.8) is 0 Å². The largest absolute Gasteiger partial charge is 0.497 e. The Morgan fingerprint density at radius 3 is 2.48 bits per heavy atom. The lowest BCUT2D eigenvalue weighted by Crippen LogP contribution is -1.96. The SMILES string of the molecule is COc1cccc(-c2nc(-c3ccc(OCc4ccccc4)cc3OC)c[nH]2)c1. The van der Waals surface area contributed by atoms with Crippen molar-refractivity contribution in [2.24, 2.45) is 0 Å². The first-order valence-electron chi connectivity index (χ1n) is 9.32. The minimum atomic E-state index is 0.506. The quantitative estimate of drug-likeness (QED) is 0.466. The Balaban J connectivity index is 1.56. The van der Waals surface area contributed by atoms with Crippen molar-refractivity contribution in [3.05, 3.63) is 84.6 Å². The molecule has 1 N–H and O–H groups in total. The van der Waals surface area contributed by atoms with E-state index in [2.05, 4.69) is 4.98 Å². The van der Waals surface area contributed by atoms with Crippen LogP contribution in [0.4, 0.5) is 0 Å². The Hall–Kier alpha value is -3.73. The summed E-state index contributed by atoms with van der Waals surface area (Å²) in [6.45, 7) is 0.506. The van der Waals surface area contributed by atoms with Gasteiger partial charge >= 0.3 is 0 Å². The average molecular weight is 386 g/mol. The number of H-pyrrole nitrogens is 1. The molecule has 29 heavy (non-hydrogen) atoms. The molecule has 0 saturated carbocycles. The molecule has 5 nitrogen and oxygen atoms in total. The molecule has 146 valence electrons. The molecule has 0 aliphatic heterocycles. The Labute approximate surface area is 169 Å². The lowest BCUT2D eigenvalue weighted by atomic mass is 10.1. The summed E-state index contributed by atoms with van der Waals surface area (Å²) in [6.07, 6.45) is 1.87. The molecule has 1 aromatic heterocycles. The molecular formula is C24H22N2O3. The van der Waals surface area contributed by atoms with Gasteiger partial charge in [-0.2, -0.15) is 0 Å². The van der Waals surface area contributed by atoms with Gasteiger partial charge in [0.05, 0.1) is 19.9 Å². The Bertz CT molecular complexity index is 1090. The van der Waals surface area contributed by atoms with Crippen LogP contribution in [0, 0.1) is 0 Å². The van der Waals surface area contributed by atoms with Gasteiger partial charge < -0.3 is 19.2 Å². The van der Waals surface area contributed by atoms with Crippen LogP contribution < -0.4 is 14.2 Å². The highest BCUT2D eigenvalue weighted by molar-refractivity contribution is 5.71. The zero-order chi connectivity index (χ0) is 20.1. The fourth-order valence-electron chi connectivity index (χ4n) is 3.09. The second-order valence-corrected chi connectivity index (χ2v) is 6.50. The third kappa shape index (κ3) is 4.24. The van der Waals surface area contributed by atoms with Gasteiger partial charge in [-0.3, -0.25) is 0 Å². The minimum Gasteiger partial charge on any atom is -0.497 e. The number of aromatic nitrogens is 2. The van der Waals surface area contributed by atoms with E-state index in [0.717, 1.165) is 39.7 Å². The van der Waals surface area contributed by atoms with E-state index in [4.69, 9.17) is 19.2 Å². The van der Waals surface area contributed by atoms with Crippen molar-refractivity contribution in [1.82, 2.24) is 9.97 Å². The molecule has 0 aliphatic carbocycles. The van der Waals surface area contributed by atoms with Gasteiger partial charge in [0.2, 0.25) is 0 Å². The molecule has 0 amide bonds. The van der Waals surface area contributed by atoms with E-state index in [1.165, 1.54) is 0 Å². The van der Waals surface area contributed by atoms with E-state index < -0.39 is 0 Å². The number of ether oxygens (including phenoxy) is 3. The van der Waals surface area contributed by atoms with Crippen LogP contribution in [0.15, 0.2) is 79.0 Å². The molecule has 0 fully saturated rings. The second kappa shape index (κ2) is 8.52. The lowest BCUT2D eigenvalue weighted by Gasteiger charge is -2.11. The molecule has 0 atom stereocenters. The third-order valence-electron chi connectivity index (χ3n) is 4.62. The summed E-state index contributed by atoms with van der Waals surface area (Å²) >= 11 is 0. The van der Waals surface area contributed by atoms with Crippen molar-refractivity contribution in [1.29, 1.82) is 0 Å². The highest BCUT2D eigenvalue weighted by Crippen LogP contribution is 2.34. The summed E-state index contributed by atoms with van der Waals surface area (Å²) in [5.41, 5.74) is 3.77. The maximum Gasteiger partial charge on any atom is 0.138 e. The zero-order valence-electron chi connectivity index (χ0n) is 16.4. The molecule has 4 rings (SSSR count). The van der Waals surface area contributed by atoms with Gasteiger partial charge in [-0.1, -0.05) is 42.5 Å². The van der Waals surface area contributed by atoms with Crippen molar-refractivity contribution < 1.29 is 14.2 Å². The molecule has 4 aromatic rings. The van der Waals surface area contributed by atoms with Crippen LogP contribution in [0.5, 0.6) is 17.2 Å². The number of hydrogen-bond donors (Lipinski definition) is 1. The Morgan fingerprint density at radius 1 is 0.828 bits per heavy atom. The minimum absolute atomic E-state index is 0.506. The first-order valence-corrected chi connectivity index (χ1v) is 9.32. The number of methoxy groups -OCH3 is 2. The number of benzene rings is 3. The van der Waals surface area contributed by atoms with Crippen LogP contribution in [0.3, 0.4) is 0 Å². The molecule has 0 saturated heterocycles. The molecule has 0 unspecified atom stereocenters. The predicted octanol–water partition coefficient (Wildman–Crippen LogP) is 5.34. The number of rotatable bonds is 7. The van der Waals surface area contributed by atoms with Crippen molar-refractivity contribution in [3.8, 4) is 39.9 Å². The fourth-order valence-corrected chi connectivity index (χ4v) is 3.09. The van der Waals surface area contributed by atoms with Gasteiger partial charge in [-0.05, 0) is 29.8 Å². The average Bonchev–Trinajstić information content (AvgIpc) is 3.28. The molecule has 0 bridgehead atoms. The number of nitrogens with one attached hydrogen (secondary N) is 1. The molecule has 5 heteroatoms. The number of imidazole rings is 1. The van der Waals surface area contributed by atoms with E-state index in [1.807, 2.05) is 79.0 Å². The topological polar surface area (TPSA) is 56.4 Å². The van der Waals surface area contributed by atoms with Crippen LogP contribution in [0.2, 0.25) is 0 Å². The lowest BCUT2D eigenvalue weighted by molar-refractivity contribution is 0.304. The molecule has 0 spiro atoms. The smallest absolute Gasteiger partial charge is 0.138 e. The van der Waals surface area contributed by atoms with E-state index in [0.29, 0.717) is 12.4 Å². The highest BCUT2D eigenvalue weighted by atomic mass is 16.5. The van der Waals surface area contributed by atoms with Crippen LogP contribution in [-0.2, 0) is 6.61 Å². The summed E-state index contributed by atoms with van der Waals surface area (Å²) in [5.74, 6) is 3.01. The van der Waals surface area contributed by atoms with Gasteiger partial charge in [-0.25, -0.2) is 4.98 Å².